The van der Waals surface area contributed by atoms with Gasteiger partial charge in [-0.3, -0.25) is 0 Å². The van der Waals surface area contributed by atoms with Crippen molar-refractivity contribution in [3.63, 3.8) is 0 Å². The maximum absolute atomic E-state index is 13.5. The molecule has 2 aromatic rings. The lowest BCUT2D eigenvalue weighted by molar-refractivity contribution is -0.254. The van der Waals surface area contributed by atoms with Gasteiger partial charge in [0.25, 0.3) is 5.72 Å². The van der Waals surface area contributed by atoms with E-state index in [1.807, 2.05) is 6.92 Å². The monoisotopic (exact) mass is 371 g/mol. The molecule has 1 aromatic heterocycles. The lowest BCUT2D eigenvalue weighted by Gasteiger charge is -2.32. The van der Waals surface area contributed by atoms with Gasteiger partial charge in [-0.25, -0.2) is 9.78 Å². The van der Waals surface area contributed by atoms with E-state index in [1.54, 1.807) is 24.3 Å². The second kappa shape index (κ2) is 5.81. The summed E-state index contributed by atoms with van der Waals surface area (Å²) in [5, 5.41) is 24.1. The van der Waals surface area contributed by atoms with E-state index < -0.39 is 30.0 Å². The molecule has 0 saturated heterocycles. The molecule has 0 radical (unpaired) electrons. The molecule has 2 N–H and O–H groups in total. The van der Waals surface area contributed by atoms with E-state index in [1.165, 1.54) is 0 Å². The van der Waals surface area contributed by atoms with Crippen LogP contribution in [0.1, 0.15) is 28.0 Å². The third-order valence-electron chi connectivity index (χ3n) is 3.72. The molecule has 0 aliphatic carbocycles. The van der Waals surface area contributed by atoms with E-state index in [0.717, 1.165) is 10.9 Å². The number of hydrogen-bond acceptors (Lipinski definition) is 6. The first-order valence-electron chi connectivity index (χ1n) is 7.04. The van der Waals surface area contributed by atoms with Crippen LogP contribution in [0.2, 0.25) is 0 Å². The summed E-state index contributed by atoms with van der Waals surface area (Å²) in [6.07, 6.45) is -5.81. The number of rotatable bonds is 3. The van der Waals surface area contributed by atoms with Gasteiger partial charge < -0.3 is 10.2 Å². The maximum atomic E-state index is 13.5. The molecule has 0 spiro atoms. The van der Waals surface area contributed by atoms with Gasteiger partial charge in [-0.1, -0.05) is 29.8 Å². The zero-order valence-electron chi connectivity index (χ0n) is 12.8. The smallest absolute Gasteiger partial charge is 0.438 e. The first-order valence-corrected chi connectivity index (χ1v) is 7.92. The molecule has 1 atom stereocenters. The number of carboxylic acids is 1. The van der Waals surface area contributed by atoms with Gasteiger partial charge in [0, 0.05) is 5.38 Å². The number of alkyl halides is 3. The molecular weight excluding hydrogens is 359 g/mol. The number of benzene rings is 1. The number of thiazole rings is 1. The highest BCUT2D eigenvalue weighted by molar-refractivity contribution is 7.14. The van der Waals surface area contributed by atoms with E-state index >= 15 is 0 Å². The van der Waals surface area contributed by atoms with Crippen molar-refractivity contribution >= 4 is 28.1 Å². The molecule has 0 amide bonds. The number of aliphatic hydroxyl groups is 1. The molecule has 1 aliphatic heterocycles. The number of hydrogen-bond donors (Lipinski definition) is 2. The van der Waals surface area contributed by atoms with Crippen LogP contribution in [-0.2, 0) is 0 Å². The summed E-state index contributed by atoms with van der Waals surface area (Å²) in [5.74, 6) is -1.38. The summed E-state index contributed by atoms with van der Waals surface area (Å²) in [6, 6.07) is 6.66. The highest BCUT2D eigenvalue weighted by Crippen LogP contribution is 2.44. The molecule has 0 saturated carbocycles. The van der Waals surface area contributed by atoms with Crippen molar-refractivity contribution in [3.8, 4) is 0 Å². The van der Waals surface area contributed by atoms with E-state index in [4.69, 9.17) is 5.11 Å². The lowest BCUT2D eigenvalue weighted by Crippen LogP contribution is -2.55. The van der Waals surface area contributed by atoms with E-state index in [9.17, 15) is 23.1 Å². The van der Waals surface area contributed by atoms with Crippen LogP contribution in [0, 0.1) is 6.92 Å². The highest BCUT2D eigenvalue weighted by atomic mass is 32.1. The van der Waals surface area contributed by atoms with E-state index in [2.05, 4.69) is 10.1 Å². The minimum Gasteiger partial charge on any atom is -0.476 e. The average Bonchev–Trinajstić information content (AvgIpc) is 3.12. The van der Waals surface area contributed by atoms with Gasteiger partial charge >= 0.3 is 12.1 Å². The van der Waals surface area contributed by atoms with E-state index in [-0.39, 0.29) is 10.8 Å². The number of aromatic carboxylic acids is 1. The number of aryl methyl sites for hydroxylation is 1. The summed E-state index contributed by atoms with van der Waals surface area (Å²) in [7, 11) is 0. The topological polar surface area (TPSA) is 86.0 Å². The van der Waals surface area contributed by atoms with Gasteiger partial charge in [-0.2, -0.15) is 23.3 Å². The predicted octanol–water partition coefficient (Wildman–Crippen LogP) is 3.02. The first-order chi connectivity index (χ1) is 11.6. The Balaban J connectivity index is 2.06. The van der Waals surface area contributed by atoms with Crippen molar-refractivity contribution in [1.29, 1.82) is 0 Å². The number of aromatic nitrogens is 1. The Kier molecular flexibility index (Phi) is 4.04. The van der Waals surface area contributed by atoms with Crippen molar-refractivity contribution < 1.29 is 28.2 Å². The van der Waals surface area contributed by atoms with Gasteiger partial charge in [0.1, 0.15) is 0 Å². The third-order valence-corrected chi connectivity index (χ3v) is 4.53. The fourth-order valence-corrected chi connectivity index (χ4v) is 3.15. The summed E-state index contributed by atoms with van der Waals surface area (Å²) in [6.45, 7) is 1.83. The molecule has 2 heterocycles. The van der Waals surface area contributed by atoms with Crippen molar-refractivity contribution in [2.45, 2.75) is 25.2 Å². The lowest BCUT2D eigenvalue weighted by atomic mass is 10.0. The second-order valence-electron chi connectivity index (χ2n) is 5.54. The quantitative estimate of drug-likeness (QED) is 0.866. The Labute approximate surface area is 143 Å². The van der Waals surface area contributed by atoms with Crippen LogP contribution >= 0.6 is 11.3 Å². The normalized spacial score (nSPS) is 20.7. The van der Waals surface area contributed by atoms with Gasteiger partial charge in [-0.05, 0) is 12.5 Å². The average molecular weight is 371 g/mol. The zero-order chi connectivity index (χ0) is 18.4. The van der Waals surface area contributed by atoms with Crippen LogP contribution < -0.4 is 5.01 Å². The molecular formula is C15H12F3N3O3S. The van der Waals surface area contributed by atoms with Crippen LogP contribution in [0.25, 0.3) is 0 Å². The molecule has 0 bridgehead atoms. The molecule has 1 aromatic carbocycles. The number of carboxylic acid groups (broad SMARTS) is 1. The first kappa shape index (κ1) is 17.4. The molecule has 0 unspecified atom stereocenters. The van der Waals surface area contributed by atoms with Crippen LogP contribution in [0.15, 0.2) is 34.7 Å². The van der Waals surface area contributed by atoms with Crippen LogP contribution in [0.3, 0.4) is 0 Å². The van der Waals surface area contributed by atoms with Crippen molar-refractivity contribution in [2.75, 3.05) is 5.01 Å². The van der Waals surface area contributed by atoms with Gasteiger partial charge in [0.15, 0.2) is 5.69 Å². The summed E-state index contributed by atoms with van der Waals surface area (Å²) in [5.41, 5.74) is -2.31. The summed E-state index contributed by atoms with van der Waals surface area (Å²) in [4.78, 5) is 14.5. The Hall–Kier alpha value is -2.46. The van der Waals surface area contributed by atoms with Crippen LogP contribution in [0.5, 0.6) is 0 Å². The van der Waals surface area contributed by atoms with Crippen molar-refractivity contribution in [2.24, 2.45) is 5.10 Å². The third kappa shape index (κ3) is 2.98. The summed E-state index contributed by atoms with van der Waals surface area (Å²) < 4.78 is 40.5. The number of hydrazone groups is 1. The van der Waals surface area contributed by atoms with Crippen molar-refractivity contribution in [1.82, 2.24) is 4.98 Å². The molecule has 25 heavy (non-hydrogen) atoms. The standard InChI is InChI=1S/C15H12F3N3O3S/c1-8-2-4-9(5-3-8)10-6-14(24,15(16,17)18)21(20-10)13-19-11(7-25-13)12(22)23/h2-5,7,24H,6H2,1H3,(H,22,23)/t14-/m0/s1. The van der Waals surface area contributed by atoms with Gasteiger partial charge in [-0.15, -0.1) is 11.3 Å². The molecule has 6 nitrogen and oxygen atoms in total. The van der Waals surface area contributed by atoms with Crippen LogP contribution in [-0.4, -0.2) is 38.8 Å². The predicted molar refractivity (Wildman–Crippen MR) is 84.9 cm³/mol. The Morgan fingerprint density at radius 1 is 1.32 bits per heavy atom. The minimum absolute atomic E-state index is 0.0342. The molecule has 1 aliphatic rings. The van der Waals surface area contributed by atoms with Crippen LogP contribution in [0.4, 0.5) is 18.3 Å². The highest BCUT2D eigenvalue weighted by Gasteiger charge is 2.62. The fourth-order valence-electron chi connectivity index (χ4n) is 2.33. The zero-order valence-corrected chi connectivity index (χ0v) is 13.6. The number of halogens is 3. The SMILES string of the molecule is Cc1ccc(C2=NN(c3nc(C(=O)O)cs3)[C@@](O)(C(F)(F)F)C2)cc1. The molecule has 132 valence electrons. The number of carbonyl (C=O) groups is 1. The van der Waals surface area contributed by atoms with E-state index in [0.29, 0.717) is 21.9 Å². The van der Waals surface area contributed by atoms with Crippen molar-refractivity contribution in [3.05, 3.63) is 46.5 Å². The Morgan fingerprint density at radius 2 is 1.96 bits per heavy atom. The molecule has 3 rings (SSSR count). The van der Waals surface area contributed by atoms with Gasteiger partial charge in [0.05, 0.1) is 12.1 Å². The number of nitrogens with zero attached hydrogens (tertiary/aromatic N) is 3. The number of anilines is 1. The second-order valence-corrected chi connectivity index (χ2v) is 6.37. The minimum atomic E-state index is -5.02. The molecule has 10 heteroatoms. The Bertz CT molecular complexity index is 848. The fraction of sp³-hybridized carbons (Fsp3) is 0.267. The van der Waals surface area contributed by atoms with Gasteiger partial charge in [0.2, 0.25) is 5.13 Å². The molecule has 0 fully saturated rings. The maximum Gasteiger partial charge on any atom is 0.438 e. The Morgan fingerprint density at radius 3 is 2.48 bits per heavy atom. The summed E-state index contributed by atoms with van der Waals surface area (Å²) >= 11 is 0.660. The largest absolute Gasteiger partial charge is 0.476 e.